The second-order valence-corrected chi connectivity index (χ2v) is 8.28. The lowest BCUT2D eigenvalue weighted by Gasteiger charge is -2.17. The summed E-state index contributed by atoms with van der Waals surface area (Å²) in [6.45, 7) is 5.59. The van der Waals surface area contributed by atoms with Crippen molar-refractivity contribution in [2.75, 3.05) is 20.1 Å². The lowest BCUT2D eigenvalue weighted by atomic mass is 9.95. The molecule has 1 unspecified atom stereocenters. The van der Waals surface area contributed by atoms with Gasteiger partial charge in [-0.1, -0.05) is 6.07 Å². The average molecular weight is 413 g/mol. The maximum atomic E-state index is 12.8. The van der Waals surface area contributed by atoms with Crippen molar-refractivity contribution in [3.05, 3.63) is 40.4 Å². The van der Waals surface area contributed by atoms with Gasteiger partial charge in [-0.2, -0.15) is 5.10 Å². The summed E-state index contributed by atoms with van der Waals surface area (Å²) < 4.78 is 1.78. The number of rotatable bonds is 5. The number of aryl methyl sites for hydroxylation is 3. The van der Waals surface area contributed by atoms with Gasteiger partial charge in [0.1, 0.15) is 16.5 Å². The molecule has 1 saturated heterocycles. The molecule has 152 valence electrons. The molecule has 0 aliphatic carbocycles. The Bertz CT molecular complexity index is 1070. The zero-order chi connectivity index (χ0) is 20.5. The molecule has 0 saturated carbocycles. The number of likely N-dealkylation sites (tertiary alicyclic amines) is 1. The number of carbonyl (C=O) groups is 2. The zero-order valence-corrected chi connectivity index (χ0v) is 17.6. The van der Waals surface area contributed by atoms with Crippen LogP contribution in [0.25, 0.3) is 10.2 Å². The minimum atomic E-state index is -0.0928. The molecule has 8 nitrogen and oxygen atoms in total. The second kappa shape index (κ2) is 7.90. The Kier molecular flexibility index (Phi) is 5.31. The normalized spacial score (nSPS) is 16.5. The third kappa shape index (κ3) is 3.74. The van der Waals surface area contributed by atoms with Gasteiger partial charge >= 0.3 is 0 Å². The van der Waals surface area contributed by atoms with Gasteiger partial charge in [-0.05, 0) is 31.9 Å². The number of fused-ring (bicyclic) bond motifs is 1. The molecule has 0 spiro atoms. The number of thiophene rings is 1. The number of pyridine rings is 1. The van der Waals surface area contributed by atoms with Crippen molar-refractivity contribution >= 4 is 33.4 Å². The van der Waals surface area contributed by atoms with Crippen LogP contribution in [0.15, 0.2) is 18.3 Å². The first-order valence-corrected chi connectivity index (χ1v) is 10.5. The molecular formula is C20H24N6O2S. The smallest absolute Gasteiger partial charge is 0.261 e. The second-order valence-electron chi connectivity index (χ2n) is 7.28. The highest BCUT2D eigenvalue weighted by Gasteiger charge is 2.32. The first kappa shape index (κ1) is 19.5. The maximum absolute atomic E-state index is 12.8. The number of aromatic nitrogens is 4. The van der Waals surface area contributed by atoms with Gasteiger partial charge in [0.05, 0.1) is 11.4 Å². The number of amides is 2. The van der Waals surface area contributed by atoms with E-state index in [4.69, 9.17) is 0 Å². The quantitative estimate of drug-likeness (QED) is 0.694. The molecule has 4 heterocycles. The van der Waals surface area contributed by atoms with Gasteiger partial charge < -0.3 is 10.2 Å². The average Bonchev–Trinajstić information content (AvgIpc) is 3.41. The largest absolute Gasteiger partial charge is 0.354 e. The highest BCUT2D eigenvalue weighted by atomic mass is 32.1. The van der Waals surface area contributed by atoms with Gasteiger partial charge in [0.2, 0.25) is 5.91 Å². The third-order valence-corrected chi connectivity index (χ3v) is 6.52. The third-order valence-electron chi connectivity index (χ3n) is 5.39. The van der Waals surface area contributed by atoms with Crippen molar-refractivity contribution in [1.29, 1.82) is 0 Å². The summed E-state index contributed by atoms with van der Waals surface area (Å²) >= 11 is 1.42. The SMILES string of the molecule is CNC(=O)c1sc2ncccc2c1C1CCN(C(=O)CCn2nc(C)nc2C)C1. The fraction of sp³-hybridized carbons (Fsp3) is 0.450. The fourth-order valence-electron chi connectivity index (χ4n) is 3.99. The van der Waals surface area contributed by atoms with Crippen molar-refractivity contribution in [1.82, 2.24) is 30.0 Å². The highest BCUT2D eigenvalue weighted by molar-refractivity contribution is 7.20. The summed E-state index contributed by atoms with van der Waals surface area (Å²) in [6.07, 6.45) is 2.98. The lowest BCUT2D eigenvalue weighted by Crippen LogP contribution is -2.29. The maximum Gasteiger partial charge on any atom is 0.261 e. The molecule has 0 bridgehead atoms. The van der Waals surface area contributed by atoms with E-state index in [0.717, 1.165) is 33.8 Å². The Morgan fingerprint density at radius 2 is 2.17 bits per heavy atom. The van der Waals surface area contributed by atoms with Crippen LogP contribution in [0.2, 0.25) is 0 Å². The van der Waals surface area contributed by atoms with Crippen LogP contribution in [0.1, 0.15) is 45.6 Å². The Morgan fingerprint density at radius 3 is 2.90 bits per heavy atom. The van der Waals surface area contributed by atoms with Crippen LogP contribution in [-0.2, 0) is 11.3 Å². The first-order chi connectivity index (χ1) is 14.0. The highest BCUT2D eigenvalue weighted by Crippen LogP contribution is 2.39. The standard InChI is InChI=1S/C20H24N6O2S/c1-12-23-13(2)26(24-12)10-7-16(27)25-9-6-14(11-25)17-15-5-4-8-22-20(15)29-18(17)19(28)21-3/h4-5,8,14H,6-7,9-11H2,1-3H3,(H,21,28). The first-order valence-electron chi connectivity index (χ1n) is 9.73. The van der Waals surface area contributed by atoms with E-state index in [1.165, 1.54) is 11.3 Å². The van der Waals surface area contributed by atoms with Crippen LogP contribution in [0, 0.1) is 13.8 Å². The van der Waals surface area contributed by atoms with Crippen LogP contribution in [0.5, 0.6) is 0 Å². The van der Waals surface area contributed by atoms with Gasteiger partial charge in [-0.15, -0.1) is 11.3 Å². The molecule has 0 aromatic carbocycles. The number of hydrogen-bond acceptors (Lipinski definition) is 6. The molecular weight excluding hydrogens is 388 g/mol. The Labute approximate surface area is 172 Å². The fourth-order valence-corrected chi connectivity index (χ4v) is 5.17. The molecule has 3 aromatic rings. The Balaban J connectivity index is 1.50. The van der Waals surface area contributed by atoms with Crippen LogP contribution in [0.3, 0.4) is 0 Å². The van der Waals surface area contributed by atoms with Crippen LogP contribution >= 0.6 is 11.3 Å². The van der Waals surface area contributed by atoms with E-state index < -0.39 is 0 Å². The molecule has 4 rings (SSSR count). The van der Waals surface area contributed by atoms with Gasteiger partial charge in [-0.25, -0.2) is 14.6 Å². The number of hydrogen-bond donors (Lipinski definition) is 1. The van der Waals surface area contributed by atoms with E-state index in [9.17, 15) is 9.59 Å². The minimum absolute atomic E-state index is 0.0928. The van der Waals surface area contributed by atoms with E-state index in [1.54, 1.807) is 17.9 Å². The summed E-state index contributed by atoms with van der Waals surface area (Å²) in [6, 6.07) is 3.91. The van der Waals surface area contributed by atoms with Crippen LogP contribution in [-0.4, -0.2) is 56.6 Å². The summed E-state index contributed by atoms with van der Waals surface area (Å²) in [7, 11) is 1.64. The number of nitrogens with zero attached hydrogens (tertiary/aromatic N) is 5. The van der Waals surface area contributed by atoms with Crippen LogP contribution < -0.4 is 5.32 Å². The summed E-state index contributed by atoms with van der Waals surface area (Å²) in [4.78, 5) is 37.4. The predicted octanol–water partition coefficient (Wildman–Crippen LogP) is 2.27. The van der Waals surface area contributed by atoms with Crippen molar-refractivity contribution in [2.45, 2.75) is 39.2 Å². The van der Waals surface area contributed by atoms with Crippen molar-refractivity contribution < 1.29 is 9.59 Å². The predicted molar refractivity (Wildman–Crippen MR) is 111 cm³/mol. The molecule has 1 atom stereocenters. The molecule has 0 radical (unpaired) electrons. The Morgan fingerprint density at radius 1 is 1.34 bits per heavy atom. The monoisotopic (exact) mass is 412 g/mol. The van der Waals surface area contributed by atoms with Gasteiger partial charge in [0.25, 0.3) is 5.91 Å². The van der Waals surface area contributed by atoms with Crippen molar-refractivity contribution in [2.24, 2.45) is 0 Å². The molecule has 3 aromatic heterocycles. The number of carbonyl (C=O) groups excluding carboxylic acids is 2. The molecule has 2 amide bonds. The molecule has 9 heteroatoms. The zero-order valence-electron chi connectivity index (χ0n) is 16.8. The van der Waals surface area contributed by atoms with E-state index in [2.05, 4.69) is 20.4 Å². The summed E-state index contributed by atoms with van der Waals surface area (Å²) in [5, 5.41) is 8.07. The van der Waals surface area contributed by atoms with Crippen molar-refractivity contribution in [3.8, 4) is 0 Å². The molecule has 1 aliphatic rings. The summed E-state index contributed by atoms with van der Waals surface area (Å²) in [5.41, 5.74) is 1.02. The topological polar surface area (TPSA) is 93.0 Å². The molecule has 1 fully saturated rings. The van der Waals surface area contributed by atoms with E-state index in [1.807, 2.05) is 30.9 Å². The van der Waals surface area contributed by atoms with Crippen molar-refractivity contribution in [3.63, 3.8) is 0 Å². The summed E-state index contributed by atoms with van der Waals surface area (Å²) in [5.74, 6) is 1.70. The van der Waals surface area contributed by atoms with E-state index in [-0.39, 0.29) is 17.7 Å². The Hall–Kier alpha value is -2.81. The van der Waals surface area contributed by atoms with E-state index in [0.29, 0.717) is 30.9 Å². The van der Waals surface area contributed by atoms with Gasteiger partial charge in [0, 0.05) is 44.1 Å². The number of nitrogens with one attached hydrogen (secondary N) is 1. The van der Waals surface area contributed by atoms with Gasteiger partial charge in [-0.3, -0.25) is 9.59 Å². The minimum Gasteiger partial charge on any atom is -0.354 e. The molecule has 1 N–H and O–H groups in total. The van der Waals surface area contributed by atoms with Gasteiger partial charge in [0.15, 0.2) is 0 Å². The van der Waals surface area contributed by atoms with E-state index >= 15 is 0 Å². The molecule has 29 heavy (non-hydrogen) atoms. The lowest BCUT2D eigenvalue weighted by molar-refractivity contribution is -0.130. The molecule has 1 aliphatic heterocycles. The van der Waals surface area contributed by atoms with Crippen LogP contribution in [0.4, 0.5) is 0 Å².